The number of anilines is 2. The largest absolute Gasteiger partial charge is 0.445 e. The highest BCUT2D eigenvalue weighted by Gasteiger charge is 2.24. The van der Waals surface area contributed by atoms with E-state index in [1.807, 2.05) is 30.3 Å². The molecule has 7 nitrogen and oxygen atoms in total. The topological polar surface area (TPSA) is 83.6 Å². The van der Waals surface area contributed by atoms with Crippen molar-refractivity contribution in [1.29, 1.82) is 0 Å². The molecule has 0 saturated carbocycles. The molecule has 0 atom stereocenters. The average Bonchev–Trinajstić information content (AvgIpc) is 2.75. The number of nitrogens with zero attached hydrogens (tertiary/aromatic N) is 2. The zero-order valence-electron chi connectivity index (χ0n) is 16.9. The third-order valence-electron chi connectivity index (χ3n) is 4.80. The standard InChI is InChI=1S/C22H25BrN4O3/c1-15(2)21(28)26-20-12-19(18(23)13-24-20)25-17-8-10-27(11-9-17)22(29)30-14-16-6-4-3-5-7-16/h3-7,12-13,17H,1,8-11,14H2,2H3,(H2,24,25,26,28). The first-order valence-electron chi connectivity index (χ1n) is 9.77. The minimum atomic E-state index is -0.285. The maximum atomic E-state index is 12.3. The lowest BCUT2D eigenvalue weighted by molar-refractivity contribution is -0.112. The van der Waals surface area contributed by atoms with Crippen molar-refractivity contribution in [2.75, 3.05) is 23.7 Å². The van der Waals surface area contributed by atoms with Crippen LogP contribution in [0.2, 0.25) is 0 Å². The quantitative estimate of drug-likeness (QED) is 0.601. The van der Waals surface area contributed by atoms with Crippen LogP contribution in [0.5, 0.6) is 0 Å². The van der Waals surface area contributed by atoms with Crippen molar-refractivity contribution in [3.8, 4) is 0 Å². The fraction of sp³-hybridized carbons (Fsp3) is 0.318. The van der Waals surface area contributed by atoms with Gasteiger partial charge in [0, 0.05) is 37.0 Å². The number of likely N-dealkylation sites (tertiary alicyclic amines) is 1. The number of benzene rings is 1. The van der Waals surface area contributed by atoms with Crippen LogP contribution in [-0.4, -0.2) is 41.0 Å². The molecular formula is C22H25BrN4O3. The van der Waals surface area contributed by atoms with Crippen LogP contribution in [-0.2, 0) is 16.1 Å². The smallest absolute Gasteiger partial charge is 0.410 e. The average molecular weight is 473 g/mol. The van der Waals surface area contributed by atoms with Gasteiger partial charge in [0.05, 0.1) is 10.2 Å². The van der Waals surface area contributed by atoms with Gasteiger partial charge in [-0.1, -0.05) is 36.9 Å². The molecule has 0 spiro atoms. The molecule has 8 heteroatoms. The number of nitrogens with one attached hydrogen (secondary N) is 2. The number of rotatable bonds is 6. The summed E-state index contributed by atoms with van der Waals surface area (Å²) in [6.45, 7) is 6.79. The van der Waals surface area contributed by atoms with E-state index in [-0.39, 0.29) is 24.6 Å². The van der Waals surface area contributed by atoms with Gasteiger partial charge in [0.25, 0.3) is 5.91 Å². The SMILES string of the molecule is C=C(C)C(=O)Nc1cc(NC2CCN(C(=O)OCc3ccccc3)CC2)c(Br)cn1. The number of halogens is 1. The van der Waals surface area contributed by atoms with E-state index < -0.39 is 0 Å². The number of carbonyl (C=O) groups excluding carboxylic acids is 2. The summed E-state index contributed by atoms with van der Waals surface area (Å²) in [5.41, 5.74) is 2.23. The zero-order chi connectivity index (χ0) is 21.5. The van der Waals surface area contributed by atoms with E-state index in [2.05, 4.69) is 38.1 Å². The van der Waals surface area contributed by atoms with Crippen molar-refractivity contribution in [1.82, 2.24) is 9.88 Å². The lowest BCUT2D eigenvalue weighted by Crippen LogP contribution is -2.42. The van der Waals surface area contributed by atoms with E-state index in [1.165, 1.54) is 0 Å². The Bertz CT molecular complexity index is 912. The summed E-state index contributed by atoms with van der Waals surface area (Å²) < 4.78 is 6.22. The summed E-state index contributed by atoms with van der Waals surface area (Å²) in [5.74, 6) is 0.189. The molecule has 0 bridgehead atoms. The summed E-state index contributed by atoms with van der Waals surface area (Å²) in [4.78, 5) is 30.1. The maximum Gasteiger partial charge on any atom is 0.410 e. The third kappa shape index (κ3) is 6.06. The summed E-state index contributed by atoms with van der Waals surface area (Å²) in [6.07, 6.45) is 2.95. The molecule has 2 heterocycles. The number of pyridine rings is 1. The Kier molecular flexibility index (Phi) is 7.46. The molecule has 1 aliphatic rings. The van der Waals surface area contributed by atoms with Crippen LogP contribution in [0, 0.1) is 0 Å². The molecule has 0 unspecified atom stereocenters. The van der Waals surface area contributed by atoms with Gasteiger partial charge in [-0.15, -0.1) is 0 Å². The number of ether oxygens (including phenoxy) is 1. The maximum absolute atomic E-state index is 12.3. The van der Waals surface area contributed by atoms with Gasteiger partial charge in [-0.25, -0.2) is 9.78 Å². The molecule has 1 aliphatic heterocycles. The Labute approximate surface area is 184 Å². The highest BCUT2D eigenvalue weighted by Crippen LogP contribution is 2.27. The van der Waals surface area contributed by atoms with Crippen LogP contribution < -0.4 is 10.6 Å². The first kappa shape index (κ1) is 21.8. The molecule has 2 aromatic rings. The molecule has 158 valence electrons. The molecule has 1 aromatic carbocycles. The third-order valence-corrected chi connectivity index (χ3v) is 5.43. The first-order valence-corrected chi connectivity index (χ1v) is 10.6. The summed E-state index contributed by atoms with van der Waals surface area (Å²) in [7, 11) is 0. The van der Waals surface area contributed by atoms with Crippen LogP contribution in [0.25, 0.3) is 0 Å². The Hall–Kier alpha value is -2.87. The molecule has 0 aliphatic carbocycles. The molecule has 0 radical (unpaired) electrons. The molecule has 2 N–H and O–H groups in total. The highest BCUT2D eigenvalue weighted by molar-refractivity contribution is 9.10. The second-order valence-corrected chi connectivity index (χ2v) is 8.08. The van der Waals surface area contributed by atoms with Gasteiger partial charge in [-0.05, 0) is 41.3 Å². The zero-order valence-corrected chi connectivity index (χ0v) is 18.4. The van der Waals surface area contributed by atoms with Crippen molar-refractivity contribution in [3.05, 3.63) is 64.8 Å². The van der Waals surface area contributed by atoms with Crippen molar-refractivity contribution in [2.24, 2.45) is 0 Å². The van der Waals surface area contributed by atoms with Crippen molar-refractivity contribution >= 4 is 39.4 Å². The molecule has 30 heavy (non-hydrogen) atoms. The van der Waals surface area contributed by atoms with E-state index in [1.54, 1.807) is 24.1 Å². The highest BCUT2D eigenvalue weighted by atomic mass is 79.9. The fourth-order valence-electron chi connectivity index (χ4n) is 3.08. The monoisotopic (exact) mass is 472 g/mol. The van der Waals surface area contributed by atoms with Crippen LogP contribution >= 0.6 is 15.9 Å². The van der Waals surface area contributed by atoms with E-state index in [0.29, 0.717) is 24.5 Å². The van der Waals surface area contributed by atoms with Crippen molar-refractivity contribution in [3.63, 3.8) is 0 Å². The Morgan fingerprint density at radius 1 is 1.27 bits per heavy atom. The molecule has 1 aromatic heterocycles. The number of piperidine rings is 1. The van der Waals surface area contributed by atoms with E-state index in [0.717, 1.165) is 28.6 Å². The number of carbonyl (C=O) groups is 2. The Morgan fingerprint density at radius 3 is 2.63 bits per heavy atom. The van der Waals surface area contributed by atoms with Gasteiger partial charge in [0.2, 0.25) is 0 Å². The van der Waals surface area contributed by atoms with E-state index in [4.69, 9.17) is 4.74 Å². The lowest BCUT2D eigenvalue weighted by atomic mass is 10.1. The molecule has 3 rings (SSSR count). The number of hydrogen-bond donors (Lipinski definition) is 2. The van der Waals surface area contributed by atoms with Gasteiger partial charge in [0.15, 0.2) is 0 Å². The van der Waals surface area contributed by atoms with Crippen molar-refractivity contribution < 1.29 is 14.3 Å². The van der Waals surface area contributed by atoms with Gasteiger partial charge >= 0.3 is 6.09 Å². The molecular weight excluding hydrogens is 448 g/mol. The van der Waals surface area contributed by atoms with E-state index >= 15 is 0 Å². The van der Waals surface area contributed by atoms with Crippen LogP contribution in [0.1, 0.15) is 25.3 Å². The number of hydrogen-bond acceptors (Lipinski definition) is 5. The predicted molar refractivity (Wildman–Crippen MR) is 120 cm³/mol. The van der Waals surface area contributed by atoms with Gasteiger partial charge in [-0.3, -0.25) is 4.79 Å². The lowest BCUT2D eigenvalue weighted by Gasteiger charge is -2.32. The Balaban J connectivity index is 1.50. The predicted octanol–water partition coefficient (Wildman–Crippen LogP) is 4.57. The second-order valence-electron chi connectivity index (χ2n) is 7.23. The van der Waals surface area contributed by atoms with Crippen LogP contribution in [0.15, 0.2) is 59.2 Å². The fourth-order valence-corrected chi connectivity index (χ4v) is 3.41. The second kappa shape index (κ2) is 10.2. The summed E-state index contributed by atoms with van der Waals surface area (Å²) >= 11 is 3.49. The van der Waals surface area contributed by atoms with Gasteiger partial charge in [0.1, 0.15) is 12.4 Å². The normalized spacial score (nSPS) is 14.1. The van der Waals surface area contributed by atoms with Crippen LogP contribution in [0.4, 0.5) is 16.3 Å². The molecule has 1 fully saturated rings. The Morgan fingerprint density at radius 2 is 1.97 bits per heavy atom. The summed E-state index contributed by atoms with van der Waals surface area (Å²) in [6, 6.07) is 11.6. The van der Waals surface area contributed by atoms with Crippen LogP contribution in [0.3, 0.4) is 0 Å². The summed E-state index contributed by atoms with van der Waals surface area (Å²) in [5, 5.41) is 6.19. The first-order chi connectivity index (χ1) is 14.4. The number of amides is 2. The van der Waals surface area contributed by atoms with E-state index in [9.17, 15) is 9.59 Å². The van der Waals surface area contributed by atoms with Gasteiger partial charge in [-0.2, -0.15) is 0 Å². The number of aromatic nitrogens is 1. The molecule has 1 saturated heterocycles. The minimum absolute atomic E-state index is 0.201. The van der Waals surface area contributed by atoms with Crippen molar-refractivity contribution in [2.45, 2.75) is 32.4 Å². The minimum Gasteiger partial charge on any atom is -0.445 e. The van der Waals surface area contributed by atoms with Gasteiger partial charge < -0.3 is 20.3 Å². The molecule has 2 amide bonds.